The Hall–Kier alpha value is -3.23. The number of halogens is 3. The number of rotatable bonds is 4. The lowest BCUT2D eigenvalue weighted by Crippen LogP contribution is -2.16. The van der Waals surface area contributed by atoms with E-state index in [1.807, 2.05) is 20.8 Å². The van der Waals surface area contributed by atoms with Gasteiger partial charge >= 0.3 is 6.18 Å². The van der Waals surface area contributed by atoms with Crippen LogP contribution < -0.4 is 5.32 Å². The van der Waals surface area contributed by atoms with Crippen LogP contribution in [0.2, 0.25) is 0 Å². The smallest absolute Gasteiger partial charge is 0.323 e. The van der Waals surface area contributed by atoms with Gasteiger partial charge in [-0.3, -0.25) is 4.79 Å². The Bertz CT molecular complexity index is 1010. The second-order valence-electron chi connectivity index (χ2n) is 6.40. The van der Waals surface area contributed by atoms with Gasteiger partial charge in [0.05, 0.1) is 35.8 Å². The largest absolute Gasteiger partial charge is 0.416 e. The maximum absolute atomic E-state index is 12.8. The number of hydrogen-bond acceptors (Lipinski definition) is 4. The average molecular weight is 389 g/mol. The molecule has 9 heteroatoms. The quantitative estimate of drug-likeness (QED) is 0.737. The lowest BCUT2D eigenvalue weighted by Gasteiger charge is -2.09. The topological polar surface area (TPSA) is 72.7 Å². The molecule has 0 unspecified atom stereocenters. The molecule has 3 rings (SSSR count). The number of anilines is 1. The monoisotopic (exact) mass is 389 g/mol. The zero-order valence-electron chi connectivity index (χ0n) is 15.5. The third-order valence-corrected chi connectivity index (χ3v) is 4.38. The van der Waals surface area contributed by atoms with Gasteiger partial charge in [-0.25, -0.2) is 14.6 Å². The van der Waals surface area contributed by atoms with Gasteiger partial charge in [0.25, 0.3) is 5.95 Å². The van der Waals surface area contributed by atoms with Gasteiger partial charge in [0.15, 0.2) is 0 Å². The highest BCUT2D eigenvalue weighted by atomic mass is 19.4. The molecular weight excluding hydrogens is 371 g/mol. The Balaban J connectivity index is 1.69. The Labute approximate surface area is 159 Å². The van der Waals surface area contributed by atoms with Crippen LogP contribution in [0.1, 0.15) is 28.1 Å². The molecule has 0 aliphatic heterocycles. The molecule has 0 aliphatic rings. The number of carbonyl (C=O) groups excluding carboxylic acids is 1. The number of alkyl halides is 3. The van der Waals surface area contributed by atoms with Crippen LogP contribution >= 0.6 is 0 Å². The SMILES string of the molecule is Cc1nn(-c2ncc(NC(=O)Cc3cccc(C(F)(F)F)c3)cn2)c(C)c1C. The highest BCUT2D eigenvalue weighted by Gasteiger charge is 2.30. The second kappa shape index (κ2) is 7.41. The molecule has 0 saturated heterocycles. The predicted molar refractivity (Wildman–Crippen MR) is 97.1 cm³/mol. The molecule has 0 saturated carbocycles. The summed E-state index contributed by atoms with van der Waals surface area (Å²) in [5, 5.41) is 6.95. The number of hydrogen-bond donors (Lipinski definition) is 1. The van der Waals surface area contributed by atoms with E-state index in [2.05, 4.69) is 20.4 Å². The molecule has 28 heavy (non-hydrogen) atoms. The van der Waals surface area contributed by atoms with Gasteiger partial charge in [0.2, 0.25) is 5.91 Å². The van der Waals surface area contributed by atoms with Crippen LogP contribution in [0.3, 0.4) is 0 Å². The van der Waals surface area contributed by atoms with Gasteiger partial charge in [0.1, 0.15) is 0 Å². The number of aromatic nitrogens is 4. The molecule has 0 spiro atoms. The maximum atomic E-state index is 12.8. The Kier molecular flexibility index (Phi) is 5.17. The second-order valence-corrected chi connectivity index (χ2v) is 6.40. The summed E-state index contributed by atoms with van der Waals surface area (Å²) in [7, 11) is 0. The molecule has 1 aromatic carbocycles. The van der Waals surface area contributed by atoms with Gasteiger partial charge in [-0.15, -0.1) is 0 Å². The number of aryl methyl sites for hydroxylation is 1. The summed E-state index contributed by atoms with van der Waals surface area (Å²) in [5.41, 5.74) is 2.66. The van der Waals surface area contributed by atoms with Crippen molar-refractivity contribution < 1.29 is 18.0 Å². The summed E-state index contributed by atoms with van der Waals surface area (Å²) in [6, 6.07) is 4.68. The maximum Gasteiger partial charge on any atom is 0.416 e. The molecule has 2 aromatic heterocycles. The predicted octanol–water partition coefficient (Wildman–Crippen LogP) is 3.79. The normalized spacial score (nSPS) is 11.5. The van der Waals surface area contributed by atoms with E-state index in [1.165, 1.54) is 24.5 Å². The number of nitrogens with zero attached hydrogens (tertiary/aromatic N) is 4. The van der Waals surface area contributed by atoms with E-state index in [1.54, 1.807) is 4.68 Å². The van der Waals surface area contributed by atoms with Crippen molar-refractivity contribution in [1.82, 2.24) is 19.7 Å². The fraction of sp³-hybridized carbons (Fsp3) is 0.263. The van der Waals surface area contributed by atoms with E-state index in [0.29, 0.717) is 11.6 Å². The van der Waals surface area contributed by atoms with Crippen LogP contribution in [0, 0.1) is 20.8 Å². The summed E-state index contributed by atoms with van der Waals surface area (Å²) in [6.45, 7) is 5.75. The minimum absolute atomic E-state index is 0.192. The van der Waals surface area contributed by atoms with Gasteiger partial charge in [-0.05, 0) is 38.0 Å². The lowest BCUT2D eigenvalue weighted by atomic mass is 10.1. The Morgan fingerprint density at radius 2 is 1.82 bits per heavy atom. The molecule has 0 radical (unpaired) electrons. The Morgan fingerprint density at radius 1 is 1.14 bits per heavy atom. The number of amides is 1. The van der Waals surface area contributed by atoms with E-state index < -0.39 is 17.6 Å². The third-order valence-electron chi connectivity index (χ3n) is 4.38. The summed E-state index contributed by atoms with van der Waals surface area (Å²) in [5.74, 6) is -0.0952. The zero-order valence-corrected chi connectivity index (χ0v) is 15.5. The fourth-order valence-electron chi connectivity index (χ4n) is 2.66. The van der Waals surface area contributed by atoms with Crippen molar-refractivity contribution in [2.45, 2.75) is 33.4 Å². The first-order chi connectivity index (χ1) is 13.1. The van der Waals surface area contributed by atoms with Gasteiger partial charge in [0, 0.05) is 5.69 Å². The van der Waals surface area contributed by atoms with E-state index in [9.17, 15) is 18.0 Å². The molecule has 3 aromatic rings. The summed E-state index contributed by atoms with van der Waals surface area (Å²) < 4.78 is 39.9. The minimum atomic E-state index is -4.45. The molecule has 0 aliphatic carbocycles. The molecule has 1 N–H and O–H groups in total. The molecular formula is C19H18F3N5O. The van der Waals surface area contributed by atoms with Crippen LogP contribution in [-0.4, -0.2) is 25.7 Å². The number of nitrogens with one attached hydrogen (secondary N) is 1. The molecule has 6 nitrogen and oxygen atoms in total. The summed E-state index contributed by atoms with van der Waals surface area (Å²) in [4.78, 5) is 20.5. The summed E-state index contributed by atoms with van der Waals surface area (Å²) >= 11 is 0. The van der Waals surface area contributed by atoms with Gasteiger partial charge < -0.3 is 5.32 Å². The molecule has 2 heterocycles. The molecule has 0 atom stereocenters. The first-order valence-corrected chi connectivity index (χ1v) is 8.46. The van der Waals surface area contributed by atoms with Crippen molar-refractivity contribution in [3.63, 3.8) is 0 Å². The minimum Gasteiger partial charge on any atom is -0.323 e. The first kappa shape index (κ1) is 19.5. The molecule has 146 valence electrons. The number of carbonyl (C=O) groups is 1. The van der Waals surface area contributed by atoms with Crippen LogP contribution in [0.25, 0.3) is 5.95 Å². The standard InChI is InChI=1S/C19H18F3N5O/c1-11-12(2)26-27(13(11)3)18-23-9-16(10-24-18)25-17(28)8-14-5-4-6-15(7-14)19(20,21)22/h4-7,9-10H,8H2,1-3H3,(H,25,28). The average Bonchev–Trinajstić information content (AvgIpc) is 2.89. The van der Waals surface area contributed by atoms with Crippen molar-refractivity contribution in [3.8, 4) is 5.95 Å². The highest BCUT2D eigenvalue weighted by molar-refractivity contribution is 5.91. The van der Waals surface area contributed by atoms with Gasteiger partial charge in [-0.1, -0.05) is 18.2 Å². The molecule has 1 amide bonds. The lowest BCUT2D eigenvalue weighted by molar-refractivity contribution is -0.137. The van der Waals surface area contributed by atoms with Crippen molar-refractivity contribution >= 4 is 11.6 Å². The zero-order chi connectivity index (χ0) is 20.5. The first-order valence-electron chi connectivity index (χ1n) is 8.46. The van der Waals surface area contributed by atoms with Crippen molar-refractivity contribution in [2.24, 2.45) is 0 Å². The molecule has 0 bridgehead atoms. The third kappa shape index (κ3) is 4.19. The Morgan fingerprint density at radius 3 is 2.39 bits per heavy atom. The van der Waals surface area contributed by atoms with Crippen LogP contribution in [0.4, 0.5) is 18.9 Å². The molecule has 0 fully saturated rings. The number of benzene rings is 1. The van der Waals surface area contributed by atoms with Gasteiger partial charge in [-0.2, -0.15) is 18.3 Å². The van der Waals surface area contributed by atoms with E-state index in [-0.39, 0.29) is 12.0 Å². The van der Waals surface area contributed by atoms with E-state index in [0.717, 1.165) is 29.1 Å². The summed E-state index contributed by atoms with van der Waals surface area (Å²) in [6.07, 6.45) is -1.78. The van der Waals surface area contributed by atoms with Crippen LogP contribution in [0.5, 0.6) is 0 Å². The van der Waals surface area contributed by atoms with Crippen molar-refractivity contribution in [1.29, 1.82) is 0 Å². The van der Waals surface area contributed by atoms with Crippen molar-refractivity contribution in [3.05, 3.63) is 64.7 Å². The fourth-order valence-corrected chi connectivity index (χ4v) is 2.66. The van der Waals surface area contributed by atoms with Crippen LogP contribution in [0.15, 0.2) is 36.7 Å². The van der Waals surface area contributed by atoms with Crippen molar-refractivity contribution in [2.75, 3.05) is 5.32 Å². The van der Waals surface area contributed by atoms with Crippen LogP contribution in [-0.2, 0) is 17.4 Å². The van der Waals surface area contributed by atoms with E-state index in [4.69, 9.17) is 0 Å². The van der Waals surface area contributed by atoms with E-state index >= 15 is 0 Å². The highest BCUT2D eigenvalue weighted by Crippen LogP contribution is 2.29.